The summed E-state index contributed by atoms with van der Waals surface area (Å²) in [4.78, 5) is 25.2. The molecule has 2 aromatic carbocycles. The lowest BCUT2D eigenvalue weighted by Crippen LogP contribution is -2.23. The maximum absolute atomic E-state index is 12.8. The van der Waals surface area contributed by atoms with E-state index in [1.54, 1.807) is 30.8 Å². The molecule has 1 amide bonds. The molecule has 0 bridgehead atoms. The van der Waals surface area contributed by atoms with Gasteiger partial charge < -0.3 is 10.4 Å². The number of rotatable bonds is 3. The Hall–Kier alpha value is -2.99. The van der Waals surface area contributed by atoms with Crippen molar-refractivity contribution in [1.29, 1.82) is 0 Å². The molecule has 0 saturated heterocycles. The molecule has 6 nitrogen and oxygen atoms in total. The van der Waals surface area contributed by atoms with Gasteiger partial charge >= 0.3 is 0 Å². The quantitative estimate of drug-likeness (QED) is 0.756. The highest BCUT2D eigenvalue weighted by atomic mass is 35.5. The molecule has 2 N–H and O–H groups in total. The predicted molar refractivity (Wildman–Crippen MR) is 96.8 cm³/mol. The van der Waals surface area contributed by atoms with Gasteiger partial charge in [0.25, 0.3) is 11.5 Å². The van der Waals surface area contributed by atoms with Gasteiger partial charge in [-0.05, 0) is 37.3 Å². The van der Waals surface area contributed by atoms with Crippen molar-refractivity contribution in [3.63, 3.8) is 0 Å². The molecule has 3 aromatic rings. The summed E-state index contributed by atoms with van der Waals surface area (Å²) in [6.45, 7) is 1.73. The van der Waals surface area contributed by atoms with E-state index in [0.717, 1.165) is 0 Å². The lowest BCUT2D eigenvalue weighted by Gasteiger charge is -2.07. The van der Waals surface area contributed by atoms with Crippen LogP contribution in [0.15, 0.2) is 53.3 Å². The summed E-state index contributed by atoms with van der Waals surface area (Å²) in [5.74, 6) is -0.815. The van der Waals surface area contributed by atoms with Gasteiger partial charge in [0.1, 0.15) is 11.4 Å². The number of amides is 1. The largest absolute Gasteiger partial charge is 0.507 e. The number of hydrogen-bond acceptors (Lipinski definition) is 3. The Morgan fingerprint density at radius 2 is 1.84 bits per heavy atom. The number of aromatic hydroxyl groups is 1. The van der Waals surface area contributed by atoms with E-state index in [9.17, 15) is 14.7 Å². The monoisotopic (exact) mass is 357 g/mol. The Bertz CT molecular complexity index is 1010. The molecule has 0 spiro atoms. The lowest BCUT2D eigenvalue weighted by atomic mass is 10.2. The van der Waals surface area contributed by atoms with Crippen LogP contribution in [-0.4, -0.2) is 20.4 Å². The SMILES string of the molecule is Cc1c(NC(=O)c2cc(Cl)ccc2O)c(=O)n(-c2ccccc2)n1C. The van der Waals surface area contributed by atoms with Gasteiger partial charge in [0, 0.05) is 12.1 Å². The Morgan fingerprint density at radius 3 is 2.52 bits per heavy atom. The minimum Gasteiger partial charge on any atom is -0.507 e. The summed E-state index contributed by atoms with van der Waals surface area (Å²) < 4.78 is 3.12. The second-order valence-corrected chi connectivity index (χ2v) is 5.99. The average Bonchev–Trinajstić information content (AvgIpc) is 2.81. The third kappa shape index (κ3) is 3.04. The van der Waals surface area contributed by atoms with Crippen LogP contribution in [0.1, 0.15) is 16.1 Å². The fourth-order valence-corrected chi connectivity index (χ4v) is 2.76. The fourth-order valence-electron chi connectivity index (χ4n) is 2.58. The summed E-state index contributed by atoms with van der Waals surface area (Å²) in [7, 11) is 1.73. The Labute approximate surface area is 148 Å². The zero-order chi connectivity index (χ0) is 18.1. The van der Waals surface area contributed by atoms with Crippen molar-refractivity contribution in [3.8, 4) is 11.4 Å². The third-order valence-corrected chi connectivity index (χ3v) is 4.23. The average molecular weight is 358 g/mol. The van der Waals surface area contributed by atoms with Gasteiger partial charge in [0.05, 0.1) is 16.9 Å². The van der Waals surface area contributed by atoms with Crippen LogP contribution in [0.25, 0.3) is 5.69 Å². The zero-order valence-corrected chi connectivity index (χ0v) is 14.4. The van der Waals surface area contributed by atoms with Gasteiger partial charge in [-0.2, -0.15) is 0 Å². The van der Waals surface area contributed by atoms with E-state index in [2.05, 4.69) is 5.32 Å². The smallest absolute Gasteiger partial charge is 0.295 e. The molecular weight excluding hydrogens is 342 g/mol. The first-order valence-corrected chi connectivity index (χ1v) is 7.92. The summed E-state index contributed by atoms with van der Waals surface area (Å²) in [6.07, 6.45) is 0. The van der Waals surface area contributed by atoms with Gasteiger partial charge in [-0.1, -0.05) is 29.8 Å². The number of phenolic OH excluding ortho intramolecular Hbond substituents is 1. The first kappa shape index (κ1) is 16.9. The number of halogens is 1. The Balaban J connectivity index is 2.03. The minimum absolute atomic E-state index is 0.00131. The molecule has 25 heavy (non-hydrogen) atoms. The van der Waals surface area contributed by atoms with Crippen molar-refractivity contribution in [1.82, 2.24) is 9.36 Å². The van der Waals surface area contributed by atoms with E-state index < -0.39 is 5.91 Å². The number of benzene rings is 2. The highest BCUT2D eigenvalue weighted by Gasteiger charge is 2.20. The molecule has 7 heteroatoms. The van der Waals surface area contributed by atoms with Gasteiger partial charge in [0.15, 0.2) is 0 Å². The standard InChI is InChI=1S/C18H16ClN3O3/c1-11-16(20-17(24)14-10-12(19)8-9-15(14)23)18(25)22(21(11)2)13-6-4-3-5-7-13/h3-10,23H,1-2H3,(H,20,24). The van der Waals surface area contributed by atoms with E-state index in [-0.39, 0.29) is 22.6 Å². The molecule has 0 fully saturated rings. The maximum Gasteiger partial charge on any atom is 0.295 e. The summed E-state index contributed by atoms with van der Waals surface area (Å²) in [6, 6.07) is 13.3. The number of anilines is 1. The van der Waals surface area contributed by atoms with Crippen LogP contribution in [-0.2, 0) is 7.05 Å². The Kier molecular flexibility index (Phi) is 4.37. The van der Waals surface area contributed by atoms with Crippen LogP contribution in [0, 0.1) is 6.92 Å². The molecule has 0 aliphatic carbocycles. The van der Waals surface area contributed by atoms with Gasteiger partial charge in [-0.3, -0.25) is 14.3 Å². The summed E-state index contributed by atoms with van der Waals surface area (Å²) in [5, 5.41) is 12.7. The van der Waals surface area contributed by atoms with E-state index in [1.807, 2.05) is 18.2 Å². The van der Waals surface area contributed by atoms with E-state index in [4.69, 9.17) is 11.6 Å². The van der Waals surface area contributed by atoms with Crippen LogP contribution in [0.4, 0.5) is 5.69 Å². The van der Waals surface area contributed by atoms with Gasteiger partial charge in [0.2, 0.25) is 0 Å². The molecule has 1 aromatic heterocycles. The number of carbonyl (C=O) groups is 1. The maximum atomic E-state index is 12.8. The summed E-state index contributed by atoms with van der Waals surface area (Å²) in [5.41, 5.74) is 1.06. The van der Waals surface area contributed by atoms with Crippen molar-refractivity contribution in [2.75, 3.05) is 5.32 Å². The number of hydrogen-bond donors (Lipinski definition) is 2. The molecule has 0 saturated carbocycles. The molecule has 0 radical (unpaired) electrons. The van der Waals surface area contributed by atoms with E-state index >= 15 is 0 Å². The van der Waals surface area contributed by atoms with Crippen LogP contribution < -0.4 is 10.9 Å². The number of para-hydroxylation sites is 1. The number of carbonyl (C=O) groups excluding carboxylic acids is 1. The molecule has 0 aliphatic rings. The number of phenols is 1. The highest BCUT2D eigenvalue weighted by Crippen LogP contribution is 2.23. The second kappa shape index (κ2) is 6.49. The molecule has 0 aliphatic heterocycles. The topological polar surface area (TPSA) is 76.3 Å². The molecule has 0 atom stereocenters. The second-order valence-electron chi connectivity index (χ2n) is 5.55. The molecule has 3 rings (SSSR count). The van der Waals surface area contributed by atoms with Crippen LogP contribution in [0.3, 0.4) is 0 Å². The highest BCUT2D eigenvalue weighted by molar-refractivity contribution is 6.31. The molecule has 128 valence electrons. The number of nitrogens with zero attached hydrogens (tertiary/aromatic N) is 2. The molecule has 1 heterocycles. The van der Waals surface area contributed by atoms with Crippen LogP contribution >= 0.6 is 11.6 Å². The van der Waals surface area contributed by atoms with Crippen molar-refractivity contribution < 1.29 is 9.90 Å². The number of aromatic nitrogens is 2. The first-order chi connectivity index (χ1) is 11.9. The van der Waals surface area contributed by atoms with E-state index in [1.165, 1.54) is 22.9 Å². The molecule has 0 unspecified atom stereocenters. The third-order valence-electron chi connectivity index (χ3n) is 4.00. The van der Waals surface area contributed by atoms with Crippen LogP contribution in [0.2, 0.25) is 5.02 Å². The number of nitrogens with one attached hydrogen (secondary N) is 1. The van der Waals surface area contributed by atoms with Crippen molar-refractivity contribution in [3.05, 3.63) is 75.2 Å². The Morgan fingerprint density at radius 1 is 1.16 bits per heavy atom. The minimum atomic E-state index is -0.606. The van der Waals surface area contributed by atoms with Gasteiger partial charge in [-0.15, -0.1) is 0 Å². The molecular formula is C18H16ClN3O3. The predicted octanol–water partition coefficient (Wildman–Crippen LogP) is 3.10. The first-order valence-electron chi connectivity index (χ1n) is 7.54. The van der Waals surface area contributed by atoms with Crippen molar-refractivity contribution in [2.24, 2.45) is 7.05 Å². The normalized spacial score (nSPS) is 10.7. The summed E-state index contributed by atoms with van der Waals surface area (Å²) >= 11 is 5.87. The van der Waals surface area contributed by atoms with E-state index in [0.29, 0.717) is 16.4 Å². The van der Waals surface area contributed by atoms with Crippen molar-refractivity contribution >= 4 is 23.2 Å². The van der Waals surface area contributed by atoms with Crippen LogP contribution in [0.5, 0.6) is 5.75 Å². The van der Waals surface area contributed by atoms with Crippen molar-refractivity contribution in [2.45, 2.75) is 6.92 Å². The lowest BCUT2D eigenvalue weighted by molar-refractivity contribution is 0.102. The fraction of sp³-hybridized carbons (Fsp3) is 0.111. The zero-order valence-electron chi connectivity index (χ0n) is 13.7. The van der Waals surface area contributed by atoms with Gasteiger partial charge in [-0.25, -0.2) is 4.68 Å².